The molecule has 92 valence electrons. The van der Waals surface area contributed by atoms with Crippen LogP contribution in [0.15, 0.2) is 41.8 Å². The second kappa shape index (κ2) is 5.79. The van der Waals surface area contributed by atoms with Crippen molar-refractivity contribution >= 4 is 40.3 Å². The summed E-state index contributed by atoms with van der Waals surface area (Å²) in [5.41, 5.74) is 8.31. The number of thiocarbonyl (C=S) groups is 1. The molecule has 1 heterocycles. The van der Waals surface area contributed by atoms with Gasteiger partial charge in [-0.1, -0.05) is 18.3 Å². The second-order valence-corrected chi connectivity index (χ2v) is 4.79. The zero-order valence-corrected chi connectivity index (χ0v) is 11.4. The van der Waals surface area contributed by atoms with Gasteiger partial charge >= 0.3 is 0 Å². The molecule has 0 spiro atoms. The van der Waals surface area contributed by atoms with E-state index < -0.39 is 0 Å². The number of nitrogens with zero attached hydrogens (tertiary/aromatic N) is 2. The van der Waals surface area contributed by atoms with Gasteiger partial charge in [-0.25, -0.2) is 9.97 Å². The number of anilines is 2. The van der Waals surface area contributed by atoms with Gasteiger partial charge in [0.05, 0.1) is 18.1 Å². The van der Waals surface area contributed by atoms with Crippen LogP contribution in [0.25, 0.3) is 0 Å². The Morgan fingerprint density at radius 3 is 2.67 bits per heavy atom. The summed E-state index contributed by atoms with van der Waals surface area (Å²) in [6, 6.07) is 5.88. The molecule has 3 N–H and O–H groups in total. The lowest BCUT2D eigenvalue weighted by Crippen LogP contribution is -2.13. The third-order valence-electron chi connectivity index (χ3n) is 2.33. The largest absolute Gasteiger partial charge is 0.389 e. The average Bonchev–Trinajstić information content (AvgIpc) is 2.39. The quantitative estimate of drug-likeness (QED) is 0.661. The van der Waals surface area contributed by atoms with Crippen molar-refractivity contribution < 1.29 is 0 Å². The molecular formula is C12H12N4S2. The fourth-order valence-corrected chi connectivity index (χ4v) is 2.50. The van der Waals surface area contributed by atoms with E-state index in [1.807, 2.05) is 24.5 Å². The number of nitrogens with one attached hydrogen (secondary N) is 1. The molecular weight excluding hydrogens is 264 g/mol. The summed E-state index contributed by atoms with van der Waals surface area (Å²) in [5, 5.41) is 3.22. The van der Waals surface area contributed by atoms with Crippen molar-refractivity contribution in [2.45, 2.75) is 4.90 Å². The van der Waals surface area contributed by atoms with Gasteiger partial charge < -0.3 is 11.1 Å². The zero-order chi connectivity index (χ0) is 13.0. The summed E-state index contributed by atoms with van der Waals surface area (Å²) in [6.07, 6.45) is 6.87. The van der Waals surface area contributed by atoms with Gasteiger partial charge in [0.15, 0.2) is 0 Å². The number of thioether (sulfide) groups is 1. The van der Waals surface area contributed by atoms with Crippen molar-refractivity contribution in [2.24, 2.45) is 5.73 Å². The Balaban J connectivity index is 2.42. The predicted molar refractivity (Wildman–Crippen MR) is 79.4 cm³/mol. The topological polar surface area (TPSA) is 63.8 Å². The summed E-state index contributed by atoms with van der Waals surface area (Å²) in [5.74, 6) is 0. The van der Waals surface area contributed by atoms with Crippen molar-refractivity contribution in [1.29, 1.82) is 0 Å². The number of hydrogen-bond acceptors (Lipinski definition) is 5. The minimum atomic E-state index is 0.374. The lowest BCUT2D eigenvalue weighted by molar-refractivity contribution is 1.17. The van der Waals surface area contributed by atoms with Crippen LogP contribution in [0.3, 0.4) is 0 Å². The number of benzene rings is 1. The van der Waals surface area contributed by atoms with E-state index in [0.717, 1.165) is 21.8 Å². The highest BCUT2D eigenvalue weighted by Gasteiger charge is 2.10. The fourth-order valence-electron chi connectivity index (χ4n) is 1.58. The number of aromatic nitrogens is 2. The molecule has 0 aliphatic carbocycles. The van der Waals surface area contributed by atoms with E-state index in [1.54, 1.807) is 24.2 Å². The van der Waals surface area contributed by atoms with Crippen LogP contribution in [0.1, 0.15) is 5.56 Å². The van der Waals surface area contributed by atoms with E-state index in [4.69, 9.17) is 18.0 Å². The van der Waals surface area contributed by atoms with E-state index >= 15 is 0 Å². The normalized spacial score (nSPS) is 10.1. The Morgan fingerprint density at radius 1 is 1.33 bits per heavy atom. The van der Waals surface area contributed by atoms with Crippen molar-refractivity contribution in [3.8, 4) is 0 Å². The van der Waals surface area contributed by atoms with E-state index in [0.29, 0.717) is 4.99 Å². The molecule has 4 nitrogen and oxygen atoms in total. The highest BCUT2D eigenvalue weighted by atomic mass is 32.2. The van der Waals surface area contributed by atoms with Gasteiger partial charge in [0.25, 0.3) is 0 Å². The van der Waals surface area contributed by atoms with Crippen LogP contribution >= 0.6 is 24.0 Å². The maximum atomic E-state index is 5.79. The standard InChI is InChI=1S/C12H12N4S2/c1-18-10-4-2-3-9(11(10)12(13)17)16-8-5-14-7-15-6-8/h2-7,16H,1H3,(H2,13,17). The smallest absolute Gasteiger partial charge is 0.115 e. The Bertz CT molecular complexity index is 557. The van der Waals surface area contributed by atoms with Crippen LogP contribution < -0.4 is 11.1 Å². The van der Waals surface area contributed by atoms with Gasteiger partial charge in [-0.3, -0.25) is 0 Å². The number of nitrogens with two attached hydrogens (primary N) is 1. The molecule has 0 saturated carbocycles. The fraction of sp³-hybridized carbons (Fsp3) is 0.0833. The summed E-state index contributed by atoms with van der Waals surface area (Å²) >= 11 is 6.72. The molecule has 0 unspecified atom stereocenters. The lowest BCUT2D eigenvalue weighted by Gasteiger charge is -2.13. The van der Waals surface area contributed by atoms with Crippen molar-refractivity contribution in [2.75, 3.05) is 11.6 Å². The molecule has 0 bridgehead atoms. The van der Waals surface area contributed by atoms with Gasteiger partial charge in [-0.05, 0) is 18.4 Å². The van der Waals surface area contributed by atoms with Crippen LogP contribution in [0.4, 0.5) is 11.4 Å². The SMILES string of the molecule is CSc1cccc(Nc2cncnc2)c1C(N)=S. The third-order valence-corrected chi connectivity index (χ3v) is 3.32. The summed E-state index contributed by atoms with van der Waals surface area (Å²) < 4.78 is 0. The maximum Gasteiger partial charge on any atom is 0.115 e. The van der Waals surface area contributed by atoms with Gasteiger partial charge in [0.1, 0.15) is 11.3 Å². The van der Waals surface area contributed by atoms with Crippen LogP contribution in [-0.4, -0.2) is 21.2 Å². The number of rotatable bonds is 4. The van der Waals surface area contributed by atoms with Gasteiger partial charge in [-0.2, -0.15) is 0 Å². The Morgan fingerprint density at radius 2 is 2.06 bits per heavy atom. The van der Waals surface area contributed by atoms with Crippen molar-refractivity contribution in [3.63, 3.8) is 0 Å². The highest BCUT2D eigenvalue weighted by Crippen LogP contribution is 2.28. The summed E-state index contributed by atoms with van der Waals surface area (Å²) in [6.45, 7) is 0. The first-order valence-electron chi connectivity index (χ1n) is 5.21. The van der Waals surface area contributed by atoms with Crippen LogP contribution in [0, 0.1) is 0 Å². The van der Waals surface area contributed by atoms with E-state index in [-0.39, 0.29) is 0 Å². The first-order chi connectivity index (χ1) is 8.72. The van der Waals surface area contributed by atoms with Gasteiger partial charge in [-0.15, -0.1) is 11.8 Å². The summed E-state index contributed by atoms with van der Waals surface area (Å²) in [4.78, 5) is 9.33. The highest BCUT2D eigenvalue weighted by molar-refractivity contribution is 7.98. The molecule has 0 saturated heterocycles. The predicted octanol–water partition coefficient (Wildman–Crippen LogP) is 2.58. The molecule has 2 aromatic rings. The zero-order valence-electron chi connectivity index (χ0n) is 9.75. The van der Waals surface area contributed by atoms with Crippen molar-refractivity contribution in [3.05, 3.63) is 42.5 Å². The average molecular weight is 276 g/mol. The molecule has 0 aliphatic rings. The monoisotopic (exact) mass is 276 g/mol. The molecule has 0 radical (unpaired) electrons. The molecule has 18 heavy (non-hydrogen) atoms. The first kappa shape index (κ1) is 12.8. The molecule has 1 aromatic heterocycles. The molecule has 0 atom stereocenters. The Kier molecular flexibility index (Phi) is 4.11. The van der Waals surface area contributed by atoms with E-state index in [2.05, 4.69) is 15.3 Å². The van der Waals surface area contributed by atoms with Crippen LogP contribution in [0.5, 0.6) is 0 Å². The van der Waals surface area contributed by atoms with E-state index in [9.17, 15) is 0 Å². The van der Waals surface area contributed by atoms with Gasteiger partial charge in [0.2, 0.25) is 0 Å². The minimum Gasteiger partial charge on any atom is -0.389 e. The molecule has 6 heteroatoms. The van der Waals surface area contributed by atoms with Crippen molar-refractivity contribution in [1.82, 2.24) is 9.97 Å². The summed E-state index contributed by atoms with van der Waals surface area (Å²) in [7, 11) is 0. The van der Waals surface area contributed by atoms with Gasteiger partial charge in [0, 0.05) is 16.1 Å². The number of hydrogen-bond donors (Lipinski definition) is 2. The lowest BCUT2D eigenvalue weighted by atomic mass is 10.1. The van der Waals surface area contributed by atoms with Crippen LogP contribution in [0.2, 0.25) is 0 Å². The second-order valence-electron chi connectivity index (χ2n) is 3.50. The Labute approximate surface area is 115 Å². The van der Waals surface area contributed by atoms with Crippen LogP contribution in [-0.2, 0) is 0 Å². The third kappa shape index (κ3) is 2.77. The maximum absolute atomic E-state index is 5.79. The molecule has 0 amide bonds. The molecule has 2 rings (SSSR count). The van der Waals surface area contributed by atoms with E-state index in [1.165, 1.54) is 6.33 Å². The molecule has 0 aliphatic heterocycles. The minimum absolute atomic E-state index is 0.374. The molecule has 0 fully saturated rings. The molecule has 1 aromatic carbocycles. The Hall–Kier alpha value is -1.66. The first-order valence-corrected chi connectivity index (χ1v) is 6.84.